The van der Waals surface area contributed by atoms with E-state index in [0.29, 0.717) is 6.54 Å². The number of aliphatic carboxylic acids is 1. The Morgan fingerprint density at radius 2 is 2.05 bits per heavy atom. The average Bonchev–Trinajstić information content (AvgIpc) is 2.70. The number of carbonyl (C=O) groups is 2. The zero-order valence-corrected chi connectivity index (χ0v) is 11.0. The Hall–Kier alpha value is -2.24. The van der Waals surface area contributed by atoms with Crippen molar-refractivity contribution < 1.29 is 14.7 Å². The summed E-state index contributed by atoms with van der Waals surface area (Å²) >= 11 is 0. The van der Waals surface area contributed by atoms with Gasteiger partial charge in [0.05, 0.1) is 6.04 Å². The van der Waals surface area contributed by atoms with Crippen LogP contribution in [-0.2, 0) is 4.79 Å². The number of nitrogens with one attached hydrogen (secondary N) is 1. The van der Waals surface area contributed by atoms with Crippen LogP contribution in [0.15, 0.2) is 24.3 Å². The summed E-state index contributed by atoms with van der Waals surface area (Å²) in [6.07, 6.45) is 0. The number of rotatable bonds is 4. The molecule has 2 rings (SSSR count). The Kier molecular flexibility index (Phi) is 3.59. The molecule has 1 heterocycles. The normalized spacial score (nSPS) is 18.3. The lowest BCUT2D eigenvalue weighted by Gasteiger charge is -2.15. The molecule has 0 aromatic heterocycles. The lowest BCUT2D eigenvalue weighted by molar-refractivity contribution is -0.137. The van der Waals surface area contributed by atoms with Gasteiger partial charge in [-0.15, -0.1) is 0 Å². The molecule has 1 aromatic rings. The minimum Gasteiger partial charge on any atom is -0.480 e. The molecule has 0 spiro atoms. The number of carbonyl (C=O) groups excluding carboxylic acids is 1. The van der Waals surface area contributed by atoms with Crippen molar-refractivity contribution in [3.63, 3.8) is 0 Å². The van der Waals surface area contributed by atoms with Crippen LogP contribution in [0.2, 0.25) is 0 Å². The van der Waals surface area contributed by atoms with Crippen molar-refractivity contribution in [2.75, 3.05) is 32.1 Å². The minimum absolute atomic E-state index is 0.150. The van der Waals surface area contributed by atoms with Crippen molar-refractivity contribution in [3.05, 3.63) is 29.8 Å². The van der Waals surface area contributed by atoms with Crippen LogP contribution in [-0.4, -0.2) is 49.2 Å². The molecule has 1 aromatic carbocycles. The molecule has 6 heteroatoms. The Bertz CT molecular complexity index is 484. The van der Waals surface area contributed by atoms with Gasteiger partial charge in [0.15, 0.2) is 0 Å². The number of carboxylic acid groups (broad SMARTS) is 1. The van der Waals surface area contributed by atoms with E-state index in [1.54, 1.807) is 0 Å². The van der Waals surface area contributed by atoms with E-state index < -0.39 is 5.97 Å². The second-order valence-corrected chi connectivity index (χ2v) is 4.76. The topological polar surface area (TPSA) is 72.9 Å². The summed E-state index contributed by atoms with van der Waals surface area (Å²) in [4.78, 5) is 25.5. The van der Waals surface area contributed by atoms with Gasteiger partial charge in [0.2, 0.25) is 0 Å². The number of carboxylic acids is 1. The number of hydrogen-bond donors (Lipinski definition) is 2. The summed E-state index contributed by atoms with van der Waals surface area (Å²) < 4.78 is 0. The van der Waals surface area contributed by atoms with E-state index in [1.165, 1.54) is 4.90 Å². The first kappa shape index (κ1) is 13.2. The van der Waals surface area contributed by atoms with E-state index in [4.69, 9.17) is 5.11 Å². The Morgan fingerprint density at radius 1 is 1.42 bits per heavy atom. The zero-order valence-electron chi connectivity index (χ0n) is 11.0. The fourth-order valence-corrected chi connectivity index (χ4v) is 2.08. The van der Waals surface area contributed by atoms with Crippen molar-refractivity contribution in [2.45, 2.75) is 6.04 Å². The smallest absolute Gasteiger partial charge is 0.323 e. The Balaban J connectivity index is 2.07. The van der Waals surface area contributed by atoms with Gasteiger partial charge in [0.1, 0.15) is 6.54 Å². The maximum atomic E-state index is 11.6. The van der Waals surface area contributed by atoms with Crippen LogP contribution < -0.4 is 10.2 Å². The van der Waals surface area contributed by atoms with Crippen LogP contribution in [0.1, 0.15) is 11.6 Å². The van der Waals surface area contributed by atoms with Gasteiger partial charge in [0, 0.05) is 26.3 Å². The summed E-state index contributed by atoms with van der Waals surface area (Å²) in [5.41, 5.74) is 2.06. The van der Waals surface area contributed by atoms with Crippen molar-refractivity contribution >= 4 is 17.7 Å². The summed E-state index contributed by atoms with van der Waals surface area (Å²) in [5.74, 6) is -1.00. The number of benzene rings is 1. The molecule has 0 radical (unpaired) electrons. The molecule has 0 aliphatic carbocycles. The van der Waals surface area contributed by atoms with Crippen molar-refractivity contribution in [1.82, 2.24) is 10.2 Å². The highest BCUT2D eigenvalue weighted by Gasteiger charge is 2.30. The van der Waals surface area contributed by atoms with Gasteiger partial charge < -0.3 is 20.2 Å². The molecule has 2 N–H and O–H groups in total. The first-order valence-electron chi connectivity index (χ1n) is 6.02. The van der Waals surface area contributed by atoms with Crippen molar-refractivity contribution in [2.24, 2.45) is 0 Å². The third kappa shape index (κ3) is 2.96. The Morgan fingerprint density at radius 3 is 2.58 bits per heavy atom. The predicted molar refractivity (Wildman–Crippen MR) is 71.3 cm³/mol. The monoisotopic (exact) mass is 263 g/mol. The number of anilines is 1. The van der Waals surface area contributed by atoms with Crippen LogP contribution in [0.4, 0.5) is 10.5 Å². The van der Waals surface area contributed by atoms with Crippen molar-refractivity contribution in [1.29, 1.82) is 0 Å². The molecule has 2 amide bonds. The van der Waals surface area contributed by atoms with E-state index in [2.05, 4.69) is 5.32 Å². The second-order valence-electron chi connectivity index (χ2n) is 4.76. The summed E-state index contributed by atoms with van der Waals surface area (Å²) in [6.45, 7) is 0.116. The molecule has 6 nitrogen and oxygen atoms in total. The van der Waals surface area contributed by atoms with E-state index in [9.17, 15) is 9.59 Å². The summed E-state index contributed by atoms with van der Waals surface area (Å²) in [5, 5.41) is 11.5. The van der Waals surface area contributed by atoms with Crippen LogP contribution >= 0.6 is 0 Å². The molecule has 1 aliphatic heterocycles. The van der Waals surface area contributed by atoms with E-state index in [-0.39, 0.29) is 18.6 Å². The third-order valence-electron chi connectivity index (χ3n) is 3.13. The number of amides is 2. The molecule has 0 bridgehead atoms. The highest BCUT2D eigenvalue weighted by molar-refractivity contribution is 5.82. The SMILES string of the molecule is CN(C)c1ccc(C2CN(CC(=O)O)C(=O)N2)cc1. The number of nitrogens with zero attached hydrogens (tertiary/aromatic N) is 2. The van der Waals surface area contributed by atoms with Crippen molar-refractivity contribution in [3.8, 4) is 0 Å². The second kappa shape index (κ2) is 5.17. The van der Waals surface area contributed by atoms with Gasteiger partial charge in [0.25, 0.3) is 0 Å². The maximum absolute atomic E-state index is 11.6. The standard InChI is InChI=1S/C13H17N3O3/c1-15(2)10-5-3-9(4-6-10)11-7-16(8-12(17)18)13(19)14-11/h3-6,11H,7-8H2,1-2H3,(H,14,19)(H,17,18). The summed E-state index contributed by atoms with van der Waals surface area (Å²) in [6, 6.07) is 7.37. The first-order chi connectivity index (χ1) is 8.97. The van der Waals surface area contributed by atoms with E-state index in [1.807, 2.05) is 43.3 Å². The highest BCUT2D eigenvalue weighted by Crippen LogP contribution is 2.22. The maximum Gasteiger partial charge on any atom is 0.323 e. The molecular formula is C13H17N3O3. The lowest BCUT2D eigenvalue weighted by Crippen LogP contribution is -2.32. The zero-order chi connectivity index (χ0) is 14.0. The molecule has 1 unspecified atom stereocenters. The highest BCUT2D eigenvalue weighted by atomic mass is 16.4. The molecule has 1 fully saturated rings. The van der Waals surface area contributed by atoms with Crippen LogP contribution in [0.5, 0.6) is 0 Å². The number of urea groups is 1. The molecular weight excluding hydrogens is 246 g/mol. The van der Waals surface area contributed by atoms with Gasteiger partial charge in [-0.25, -0.2) is 4.79 Å². The van der Waals surface area contributed by atoms with Gasteiger partial charge in [-0.05, 0) is 17.7 Å². The average molecular weight is 263 g/mol. The quantitative estimate of drug-likeness (QED) is 0.846. The van der Waals surface area contributed by atoms with Gasteiger partial charge in [-0.2, -0.15) is 0 Å². The van der Waals surface area contributed by atoms with E-state index >= 15 is 0 Å². The summed E-state index contributed by atoms with van der Waals surface area (Å²) in [7, 11) is 3.92. The molecule has 102 valence electrons. The fraction of sp³-hybridized carbons (Fsp3) is 0.385. The molecule has 1 saturated heterocycles. The molecule has 1 aliphatic rings. The molecule has 1 atom stereocenters. The fourth-order valence-electron chi connectivity index (χ4n) is 2.08. The van der Waals surface area contributed by atoms with Crippen LogP contribution in [0, 0.1) is 0 Å². The third-order valence-corrected chi connectivity index (χ3v) is 3.13. The first-order valence-corrected chi connectivity index (χ1v) is 6.02. The molecule has 0 saturated carbocycles. The van der Waals surface area contributed by atoms with E-state index in [0.717, 1.165) is 11.3 Å². The number of hydrogen-bond acceptors (Lipinski definition) is 3. The van der Waals surface area contributed by atoms with Gasteiger partial charge >= 0.3 is 12.0 Å². The van der Waals surface area contributed by atoms with Crippen LogP contribution in [0.3, 0.4) is 0 Å². The largest absolute Gasteiger partial charge is 0.480 e. The van der Waals surface area contributed by atoms with Crippen LogP contribution in [0.25, 0.3) is 0 Å². The molecule has 19 heavy (non-hydrogen) atoms. The lowest BCUT2D eigenvalue weighted by atomic mass is 10.1. The Labute approximate surface area is 111 Å². The van der Waals surface area contributed by atoms with Gasteiger partial charge in [-0.1, -0.05) is 12.1 Å². The van der Waals surface area contributed by atoms with Gasteiger partial charge in [-0.3, -0.25) is 4.79 Å². The minimum atomic E-state index is -1.00. The predicted octanol–water partition coefficient (Wildman–Crippen LogP) is 0.903.